The number of amides is 2. The lowest BCUT2D eigenvalue weighted by molar-refractivity contribution is 0.205. The molecule has 0 bridgehead atoms. The first-order valence-corrected chi connectivity index (χ1v) is 10.0. The number of urea groups is 1. The van der Waals surface area contributed by atoms with Gasteiger partial charge in [0.2, 0.25) is 0 Å². The van der Waals surface area contributed by atoms with Gasteiger partial charge in [-0.05, 0) is 74.9 Å². The minimum Gasteiger partial charge on any atom is -0.497 e. The molecular formula is C23H27FN4O3. The number of benzene rings is 2. The molecule has 0 atom stereocenters. The lowest BCUT2D eigenvalue weighted by atomic mass is 10.1. The fourth-order valence-corrected chi connectivity index (χ4v) is 3.24. The quantitative estimate of drug-likeness (QED) is 0.576. The average molecular weight is 426 g/mol. The molecule has 3 aromatic rings. The second-order valence-electron chi connectivity index (χ2n) is 7.59. The van der Waals surface area contributed by atoms with Gasteiger partial charge in [-0.2, -0.15) is 0 Å². The van der Waals surface area contributed by atoms with E-state index >= 15 is 0 Å². The Hall–Kier alpha value is -3.39. The molecule has 8 heteroatoms. The first-order chi connectivity index (χ1) is 14.9. The molecule has 0 spiro atoms. The van der Waals surface area contributed by atoms with Crippen LogP contribution in [-0.2, 0) is 6.54 Å². The number of methoxy groups -OCH3 is 1. The van der Waals surface area contributed by atoms with Crippen LogP contribution >= 0.6 is 0 Å². The summed E-state index contributed by atoms with van der Waals surface area (Å²) in [6.07, 6.45) is 0.743. The Labute approximate surface area is 180 Å². The standard InChI is InChI=1S/C23H27FN4O3/c1-27(2)11-4-12-28(23(30)25-19-8-6-18(24)7-9-19)15-17-13-16-5-10-20(31-3)14-21(16)26-22(17)29/h5-10,13-14H,4,11-12,15H2,1-3H3,(H,25,30)(H,26,29). The van der Waals surface area contributed by atoms with Gasteiger partial charge in [-0.1, -0.05) is 0 Å². The molecule has 1 heterocycles. The van der Waals surface area contributed by atoms with Gasteiger partial charge in [-0.3, -0.25) is 4.79 Å². The Morgan fingerprint density at radius 2 is 1.84 bits per heavy atom. The number of carbonyl (C=O) groups excluding carboxylic acids is 1. The Kier molecular flexibility index (Phi) is 7.25. The number of rotatable bonds is 8. The molecule has 0 aliphatic rings. The number of aromatic nitrogens is 1. The van der Waals surface area contributed by atoms with Crippen LogP contribution in [0.15, 0.2) is 53.3 Å². The molecule has 164 valence electrons. The Bertz CT molecular complexity index is 1100. The summed E-state index contributed by atoms with van der Waals surface area (Å²) in [5.74, 6) is 0.278. The predicted molar refractivity (Wildman–Crippen MR) is 120 cm³/mol. The van der Waals surface area contributed by atoms with Gasteiger partial charge < -0.3 is 24.8 Å². The topological polar surface area (TPSA) is 77.7 Å². The number of halogens is 1. The van der Waals surface area contributed by atoms with Gasteiger partial charge in [-0.25, -0.2) is 9.18 Å². The molecule has 2 aromatic carbocycles. The number of hydrogen-bond donors (Lipinski definition) is 2. The zero-order valence-electron chi connectivity index (χ0n) is 17.9. The van der Waals surface area contributed by atoms with Crippen LogP contribution < -0.4 is 15.6 Å². The lowest BCUT2D eigenvalue weighted by Gasteiger charge is -2.24. The number of ether oxygens (including phenoxy) is 1. The van der Waals surface area contributed by atoms with Crippen molar-refractivity contribution < 1.29 is 13.9 Å². The molecule has 0 fully saturated rings. The summed E-state index contributed by atoms with van der Waals surface area (Å²) < 4.78 is 18.4. The normalized spacial score (nSPS) is 11.0. The summed E-state index contributed by atoms with van der Waals surface area (Å²) in [4.78, 5) is 32.1. The summed E-state index contributed by atoms with van der Waals surface area (Å²) in [6, 6.07) is 12.5. The van der Waals surface area contributed by atoms with Crippen molar-refractivity contribution in [2.45, 2.75) is 13.0 Å². The summed E-state index contributed by atoms with van der Waals surface area (Å²) >= 11 is 0. The van der Waals surface area contributed by atoms with E-state index in [1.54, 1.807) is 24.1 Å². The molecule has 0 saturated carbocycles. The van der Waals surface area contributed by atoms with Gasteiger partial charge in [0.25, 0.3) is 5.56 Å². The third kappa shape index (κ3) is 6.05. The van der Waals surface area contributed by atoms with E-state index in [2.05, 4.69) is 10.3 Å². The monoisotopic (exact) mass is 426 g/mol. The maximum absolute atomic E-state index is 13.2. The number of H-pyrrole nitrogens is 1. The second-order valence-corrected chi connectivity index (χ2v) is 7.59. The minimum atomic E-state index is -0.375. The maximum Gasteiger partial charge on any atom is 0.322 e. The number of carbonyl (C=O) groups is 1. The van der Waals surface area contributed by atoms with Crippen molar-refractivity contribution in [3.8, 4) is 5.75 Å². The Morgan fingerprint density at radius 3 is 2.52 bits per heavy atom. The highest BCUT2D eigenvalue weighted by molar-refractivity contribution is 5.89. The molecule has 0 aliphatic carbocycles. The van der Waals surface area contributed by atoms with Crippen LogP contribution in [0.3, 0.4) is 0 Å². The van der Waals surface area contributed by atoms with Gasteiger partial charge >= 0.3 is 6.03 Å². The third-order valence-corrected chi connectivity index (χ3v) is 4.91. The molecule has 0 unspecified atom stereocenters. The van der Waals surface area contributed by atoms with E-state index in [0.717, 1.165) is 18.4 Å². The number of anilines is 1. The highest BCUT2D eigenvalue weighted by Crippen LogP contribution is 2.19. The molecular weight excluding hydrogens is 399 g/mol. The van der Waals surface area contributed by atoms with Crippen LogP contribution in [0, 0.1) is 5.82 Å². The van der Waals surface area contributed by atoms with Crippen molar-refractivity contribution in [3.05, 3.63) is 70.3 Å². The second kappa shape index (κ2) is 10.1. The Morgan fingerprint density at radius 1 is 1.10 bits per heavy atom. The Balaban J connectivity index is 1.82. The van der Waals surface area contributed by atoms with Crippen LogP contribution in [0.5, 0.6) is 5.75 Å². The number of pyridine rings is 1. The molecule has 2 amide bonds. The van der Waals surface area contributed by atoms with Crippen LogP contribution in [-0.4, -0.2) is 55.1 Å². The van der Waals surface area contributed by atoms with Crippen LogP contribution in [0.1, 0.15) is 12.0 Å². The van der Waals surface area contributed by atoms with Crippen LogP contribution in [0.2, 0.25) is 0 Å². The number of aromatic amines is 1. The van der Waals surface area contributed by atoms with E-state index in [0.29, 0.717) is 29.1 Å². The first kappa shape index (κ1) is 22.3. The van der Waals surface area contributed by atoms with Gasteiger partial charge in [0, 0.05) is 23.9 Å². The largest absolute Gasteiger partial charge is 0.497 e. The number of hydrogen-bond acceptors (Lipinski definition) is 4. The van der Waals surface area contributed by atoms with Crippen molar-refractivity contribution in [2.24, 2.45) is 0 Å². The van der Waals surface area contributed by atoms with Crippen LogP contribution in [0.4, 0.5) is 14.9 Å². The van der Waals surface area contributed by atoms with Crippen molar-refractivity contribution >= 4 is 22.6 Å². The first-order valence-electron chi connectivity index (χ1n) is 10.0. The number of fused-ring (bicyclic) bond motifs is 1. The zero-order valence-corrected chi connectivity index (χ0v) is 17.9. The molecule has 0 radical (unpaired) electrons. The highest BCUT2D eigenvalue weighted by atomic mass is 19.1. The minimum absolute atomic E-state index is 0.151. The molecule has 2 N–H and O–H groups in total. The van der Waals surface area contributed by atoms with E-state index < -0.39 is 0 Å². The van der Waals surface area contributed by atoms with Gasteiger partial charge in [0.15, 0.2) is 0 Å². The number of nitrogens with one attached hydrogen (secondary N) is 2. The SMILES string of the molecule is COc1ccc2cc(CN(CCCN(C)C)C(=O)Nc3ccc(F)cc3)c(=O)[nH]c2c1. The summed E-state index contributed by atoms with van der Waals surface area (Å²) in [6.45, 7) is 1.41. The smallest absolute Gasteiger partial charge is 0.322 e. The molecule has 0 saturated heterocycles. The van der Waals surface area contributed by atoms with Crippen molar-refractivity contribution in [2.75, 3.05) is 39.6 Å². The van der Waals surface area contributed by atoms with Crippen molar-refractivity contribution in [1.82, 2.24) is 14.8 Å². The molecule has 31 heavy (non-hydrogen) atoms. The maximum atomic E-state index is 13.2. The molecule has 0 aliphatic heterocycles. The van der Waals surface area contributed by atoms with E-state index in [9.17, 15) is 14.0 Å². The fraction of sp³-hybridized carbons (Fsp3) is 0.304. The molecule has 3 rings (SSSR count). The predicted octanol–water partition coefficient (Wildman–Crippen LogP) is 3.66. The zero-order chi connectivity index (χ0) is 22.4. The average Bonchev–Trinajstić information content (AvgIpc) is 2.74. The fourth-order valence-electron chi connectivity index (χ4n) is 3.24. The van der Waals surface area contributed by atoms with Crippen LogP contribution in [0.25, 0.3) is 10.9 Å². The van der Waals surface area contributed by atoms with Gasteiger partial charge in [0.05, 0.1) is 19.2 Å². The van der Waals surface area contributed by atoms with Gasteiger partial charge in [-0.15, -0.1) is 0 Å². The highest BCUT2D eigenvalue weighted by Gasteiger charge is 2.17. The van der Waals surface area contributed by atoms with Crippen molar-refractivity contribution in [3.63, 3.8) is 0 Å². The van der Waals surface area contributed by atoms with E-state index in [1.165, 1.54) is 24.3 Å². The third-order valence-electron chi connectivity index (χ3n) is 4.91. The summed E-state index contributed by atoms with van der Waals surface area (Å²) in [5, 5.41) is 3.63. The molecule has 7 nitrogen and oxygen atoms in total. The van der Waals surface area contributed by atoms with E-state index in [4.69, 9.17) is 4.74 Å². The molecule has 1 aromatic heterocycles. The van der Waals surface area contributed by atoms with E-state index in [1.807, 2.05) is 31.1 Å². The van der Waals surface area contributed by atoms with Crippen molar-refractivity contribution in [1.29, 1.82) is 0 Å². The van der Waals surface area contributed by atoms with E-state index in [-0.39, 0.29) is 24.0 Å². The number of nitrogens with zero attached hydrogens (tertiary/aromatic N) is 2. The lowest BCUT2D eigenvalue weighted by Crippen LogP contribution is -2.37. The summed E-state index contributed by atoms with van der Waals surface area (Å²) in [7, 11) is 5.50. The van der Waals surface area contributed by atoms with Gasteiger partial charge in [0.1, 0.15) is 11.6 Å². The summed E-state index contributed by atoms with van der Waals surface area (Å²) in [5.41, 5.74) is 1.39.